The first-order valence-corrected chi connectivity index (χ1v) is 6.20. The van der Waals surface area contributed by atoms with Gasteiger partial charge in [0.15, 0.2) is 0 Å². The van der Waals surface area contributed by atoms with Crippen molar-refractivity contribution < 1.29 is 5.11 Å². The molecule has 2 N–H and O–H groups in total. The van der Waals surface area contributed by atoms with E-state index in [9.17, 15) is 5.11 Å². The molecular weight excluding hydrogens is 198 g/mol. The van der Waals surface area contributed by atoms with Crippen LogP contribution in [0.25, 0.3) is 0 Å². The maximum absolute atomic E-state index is 9.31. The smallest absolute Gasteiger partial charge is 0.0636 e. The van der Waals surface area contributed by atoms with Crippen molar-refractivity contribution in [2.75, 3.05) is 6.54 Å². The molecule has 90 valence electrons. The standard InChI is InChI=1S/C14H23NO/c1-3-4-10-14(15-11-12(2)16)13-8-6-5-7-9-13/h5-9,12,14-16H,3-4,10-11H2,1-2H3/t12-,14?/m0/s1. The van der Waals surface area contributed by atoms with E-state index >= 15 is 0 Å². The third-order valence-electron chi connectivity index (χ3n) is 2.71. The lowest BCUT2D eigenvalue weighted by Gasteiger charge is -2.20. The summed E-state index contributed by atoms with van der Waals surface area (Å²) in [5, 5.41) is 12.7. The summed E-state index contributed by atoms with van der Waals surface area (Å²) < 4.78 is 0. The Morgan fingerprint density at radius 3 is 2.50 bits per heavy atom. The molecule has 0 aliphatic heterocycles. The quantitative estimate of drug-likeness (QED) is 0.742. The minimum Gasteiger partial charge on any atom is -0.392 e. The second kappa shape index (κ2) is 7.42. The van der Waals surface area contributed by atoms with Gasteiger partial charge in [0.1, 0.15) is 0 Å². The van der Waals surface area contributed by atoms with Crippen molar-refractivity contribution in [3.63, 3.8) is 0 Å². The van der Waals surface area contributed by atoms with Crippen LogP contribution >= 0.6 is 0 Å². The van der Waals surface area contributed by atoms with Crippen molar-refractivity contribution in [3.8, 4) is 0 Å². The molecule has 0 saturated carbocycles. The highest BCUT2D eigenvalue weighted by atomic mass is 16.3. The van der Waals surface area contributed by atoms with Gasteiger partial charge in [-0.25, -0.2) is 0 Å². The molecule has 2 atom stereocenters. The van der Waals surface area contributed by atoms with Crippen molar-refractivity contribution >= 4 is 0 Å². The van der Waals surface area contributed by atoms with Gasteiger partial charge in [-0.15, -0.1) is 0 Å². The van der Waals surface area contributed by atoms with Crippen LogP contribution in [0.3, 0.4) is 0 Å². The van der Waals surface area contributed by atoms with Crippen molar-refractivity contribution in [1.82, 2.24) is 5.32 Å². The number of aliphatic hydroxyl groups is 1. The average molecular weight is 221 g/mol. The Hall–Kier alpha value is -0.860. The highest BCUT2D eigenvalue weighted by Gasteiger charge is 2.10. The summed E-state index contributed by atoms with van der Waals surface area (Å²) >= 11 is 0. The molecule has 1 aromatic carbocycles. The molecule has 0 radical (unpaired) electrons. The molecule has 0 aromatic heterocycles. The Balaban J connectivity index is 2.56. The number of hydrogen-bond acceptors (Lipinski definition) is 2. The zero-order valence-corrected chi connectivity index (χ0v) is 10.3. The van der Waals surface area contributed by atoms with E-state index in [1.807, 2.05) is 13.0 Å². The monoisotopic (exact) mass is 221 g/mol. The van der Waals surface area contributed by atoms with E-state index < -0.39 is 0 Å². The lowest BCUT2D eigenvalue weighted by atomic mass is 10.0. The van der Waals surface area contributed by atoms with E-state index in [0.29, 0.717) is 12.6 Å². The lowest BCUT2D eigenvalue weighted by molar-refractivity contribution is 0.185. The van der Waals surface area contributed by atoms with Crippen LogP contribution < -0.4 is 5.32 Å². The number of rotatable bonds is 7. The normalized spacial score (nSPS) is 14.7. The van der Waals surface area contributed by atoms with E-state index in [4.69, 9.17) is 0 Å². The molecule has 0 spiro atoms. The highest BCUT2D eigenvalue weighted by molar-refractivity contribution is 5.18. The maximum Gasteiger partial charge on any atom is 0.0636 e. The molecule has 0 bridgehead atoms. The summed E-state index contributed by atoms with van der Waals surface area (Å²) in [5.74, 6) is 0. The second-order valence-corrected chi connectivity index (χ2v) is 4.36. The number of nitrogens with one attached hydrogen (secondary N) is 1. The molecule has 1 aromatic rings. The first kappa shape index (κ1) is 13.2. The van der Waals surface area contributed by atoms with Gasteiger partial charge in [-0.2, -0.15) is 0 Å². The summed E-state index contributed by atoms with van der Waals surface area (Å²) in [6.07, 6.45) is 3.27. The molecular formula is C14H23NO. The zero-order valence-electron chi connectivity index (χ0n) is 10.3. The van der Waals surface area contributed by atoms with E-state index in [2.05, 4.69) is 36.5 Å². The van der Waals surface area contributed by atoms with E-state index in [-0.39, 0.29) is 6.10 Å². The topological polar surface area (TPSA) is 32.3 Å². The summed E-state index contributed by atoms with van der Waals surface area (Å²) in [5.41, 5.74) is 1.32. The van der Waals surface area contributed by atoms with E-state index in [1.54, 1.807) is 0 Å². The number of unbranched alkanes of at least 4 members (excludes halogenated alkanes) is 1. The molecule has 0 aliphatic carbocycles. The van der Waals surface area contributed by atoms with Gasteiger partial charge in [-0.05, 0) is 18.9 Å². The van der Waals surface area contributed by atoms with Crippen LogP contribution in [0.5, 0.6) is 0 Å². The van der Waals surface area contributed by atoms with Gasteiger partial charge in [-0.3, -0.25) is 0 Å². The van der Waals surface area contributed by atoms with Gasteiger partial charge in [0, 0.05) is 12.6 Å². The van der Waals surface area contributed by atoms with E-state index in [1.165, 1.54) is 18.4 Å². The van der Waals surface area contributed by atoms with Gasteiger partial charge in [0.25, 0.3) is 0 Å². The second-order valence-electron chi connectivity index (χ2n) is 4.36. The van der Waals surface area contributed by atoms with Crippen molar-refractivity contribution in [3.05, 3.63) is 35.9 Å². The predicted octanol–water partition coefficient (Wildman–Crippen LogP) is 2.89. The third-order valence-corrected chi connectivity index (χ3v) is 2.71. The third kappa shape index (κ3) is 4.77. The fourth-order valence-electron chi connectivity index (χ4n) is 1.79. The Morgan fingerprint density at radius 2 is 1.94 bits per heavy atom. The van der Waals surface area contributed by atoms with E-state index in [0.717, 1.165) is 6.42 Å². The molecule has 1 rings (SSSR count). The Bertz CT molecular complexity index is 271. The largest absolute Gasteiger partial charge is 0.392 e. The number of hydrogen-bond donors (Lipinski definition) is 2. The maximum atomic E-state index is 9.31. The highest BCUT2D eigenvalue weighted by Crippen LogP contribution is 2.18. The number of aliphatic hydroxyl groups excluding tert-OH is 1. The minimum atomic E-state index is -0.284. The zero-order chi connectivity index (χ0) is 11.8. The van der Waals surface area contributed by atoms with Gasteiger partial charge in [0.05, 0.1) is 6.10 Å². The van der Waals surface area contributed by atoms with Gasteiger partial charge < -0.3 is 10.4 Å². The first-order valence-electron chi connectivity index (χ1n) is 6.20. The molecule has 0 saturated heterocycles. The molecule has 2 heteroatoms. The lowest BCUT2D eigenvalue weighted by Crippen LogP contribution is -2.28. The Kier molecular flexibility index (Phi) is 6.12. The molecule has 2 nitrogen and oxygen atoms in total. The van der Waals surface area contributed by atoms with Crippen molar-refractivity contribution in [2.24, 2.45) is 0 Å². The van der Waals surface area contributed by atoms with Gasteiger partial charge in [-0.1, -0.05) is 50.1 Å². The SMILES string of the molecule is CCCCC(NC[C@H](C)O)c1ccccc1. The van der Waals surface area contributed by atoms with Crippen LogP contribution in [0.4, 0.5) is 0 Å². The summed E-state index contributed by atoms with van der Waals surface area (Å²) in [4.78, 5) is 0. The molecule has 16 heavy (non-hydrogen) atoms. The molecule has 0 heterocycles. The molecule has 0 aliphatic rings. The fraction of sp³-hybridized carbons (Fsp3) is 0.571. The Labute approximate surface area is 98.7 Å². The number of benzene rings is 1. The van der Waals surface area contributed by atoms with Crippen LogP contribution in [0, 0.1) is 0 Å². The fourth-order valence-corrected chi connectivity index (χ4v) is 1.79. The average Bonchev–Trinajstić information content (AvgIpc) is 2.30. The van der Waals surface area contributed by atoms with Gasteiger partial charge >= 0.3 is 0 Å². The van der Waals surface area contributed by atoms with Crippen molar-refractivity contribution in [1.29, 1.82) is 0 Å². The van der Waals surface area contributed by atoms with Crippen LogP contribution in [0.15, 0.2) is 30.3 Å². The molecule has 0 amide bonds. The first-order chi connectivity index (χ1) is 7.74. The Morgan fingerprint density at radius 1 is 1.25 bits per heavy atom. The van der Waals surface area contributed by atoms with Gasteiger partial charge in [0.2, 0.25) is 0 Å². The summed E-state index contributed by atoms with van der Waals surface area (Å²) in [6.45, 7) is 4.68. The summed E-state index contributed by atoms with van der Waals surface area (Å²) in [7, 11) is 0. The van der Waals surface area contributed by atoms with Crippen molar-refractivity contribution in [2.45, 2.75) is 45.3 Å². The van der Waals surface area contributed by atoms with Crippen LogP contribution in [-0.4, -0.2) is 17.8 Å². The minimum absolute atomic E-state index is 0.284. The van der Waals surface area contributed by atoms with Crippen LogP contribution in [0.1, 0.15) is 44.7 Å². The van der Waals surface area contributed by atoms with Crippen LogP contribution in [-0.2, 0) is 0 Å². The molecule has 1 unspecified atom stereocenters. The van der Waals surface area contributed by atoms with Crippen LogP contribution in [0.2, 0.25) is 0 Å². The predicted molar refractivity (Wildman–Crippen MR) is 68.4 cm³/mol. The summed E-state index contributed by atoms with van der Waals surface area (Å²) in [6, 6.07) is 10.8. The molecule has 0 fully saturated rings.